The normalized spacial score (nSPS) is 18.9. The molecule has 2 saturated heterocycles. The first kappa shape index (κ1) is 25.8. The standard InChI is InChI=1S/C26H31F3N4O3/c1-18-2-6-22(7-3-18)31-13-10-19(11-14-31)4-9-25(34)32-15-12-21(17-32)30-20-5-8-24(33(35)36)23(16-20)26(27,28)29/h2-3,5-8,16,19,21,30H,4,9-15,17H2,1H3/t21-/m1/s1. The molecule has 1 atom stereocenters. The van der Waals surface area contributed by atoms with Crippen molar-refractivity contribution in [3.05, 3.63) is 63.7 Å². The van der Waals surface area contributed by atoms with Gasteiger partial charge in [0.15, 0.2) is 0 Å². The molecule has 0 aliphatic carbocycles. The molecule has 7 nitrogen and oxygen atoms in total. The number of nitro benzene ring substituents is 1. The highest BCUT2D eigenvalue weighted by molar-refractivity contribution is 5.76. The molecule has 2 fully saturated rings. The van der Waals surface area contributed by atoms with Crippen LogP contribution >= 0.6 is 0 Å². The number of carbonyl (C=O) groups excluding carboxylic acids is 1. The van der Waals surface area contributed by atoms with Crippen LogP contribution in [0, 0.1) is 23.0 Å². The van der Waals surface area contributed by atoms with Crippen molar-refractivity contribution in [1.29, 1.82) is 0 Å². The number of rotatable bonds is 7. The van der Waals surface area contributed by atoms with Crippen LogP contribution in [0.25, 0.3) is 0 Å². The molecule has 0 saturated carbocycles. The predicted octanol–water partition coefficient (Wildman–Crippen LogP) is 5.63. The number of aryl methyl sites for hydroxylation is 1. The summed E-state index contributed by atoms with van der Waals surface area (Å²) in [4.78, 5) is 26.8. The smallest absolute Gasteiger partial charge is 0.380 e. The van der Waals surface area contributed by atoms with Gasteiger partial charge < -0.3 is 15.1 Å². The number of nitro groups is 1. The highest BCUT2D eigenvalue weighted by atomic mass is 19.4. The molecule has 0 bridgehead atoms. The van der Waals surface area contributed by atoms with E-state index in [0.717, 1.165) is 44.5 Å². The number of alkyl halides is 3. The molecule has 0 radical (unpaired) electrons. The third-order valence-corrected chi connectivity index (χ3v) is 7.19. The Bertz CT molecular complexity index is 1080. The Morgan fingerprint density at radius 3 is 2.42 bits per heavy atom. The van der Waals surface area contributed by atoms with E-state index in [4.69, 9.17) is 0 Å². The quantitative estimate of drug-likeness (QED) is 0.391. The van der Waals surface area contributed by atoms with Crippen LogP contribution in [0.15, 0.2) is 42.5 Å². The molecule has 2 aromatic rings. The van der Waals surface area contributed by atoms with Crippen LogP contribution in [-0.4, -0.2) is 48.0 Å². The highest BCUT2D eigenvalue weighted by Gasteiger charge is 2.38. The van der Waals surface area contributed by atoms with Gasteiger partial charge in [-0.3, -0.25) is 14.9 Å². The first-order valence-electron chi connectivity index (χ1n) is 12.3. The van der Waals surface area contributed by atoms with Crippen molar-refractivity contribution in [3.8, 4) is 0 Å². The Balaban J connectivity index is 1.23. The minimum absolute atomic E-state index is 0.0694. The molecule has 2 heterocycles. The average molecular weight is 505 g/mol. The summed E-state index contributed by atoms with van der Waals surface area (Å²) < 4.78 is 39.7. The Labute approximate surface area is 208 Å². The van der Waals surface area contributed by atoms with Crippen molar-refractivity contribution in [2.24, 2.45) is 5.92 Å². The first-order chi connectivity index (χ1) is 17.1. The van der Waals surface area contributed by atoms with Gasteiger partial charge in [-0.05, 0) is 62.8 Å². The van der Waals surface area contributed by atoms with E-state index >= 15 is 0 Å². The minimum atomic E-state index is -4.83. The third-order valence-electron chi connectivity index (χ3n) is 7.19. The summed E-state index contributed by atoms with van der Waals surface area (Å²) >= 11 is 0. The minimum Gasteiger partial charge on any atom is -0.380 e. The molecule has 36 heavy (non-hydrogen) atoms. The average Bonchev–Trinajstić information content (AvgIpc) is 3.31. The van der Waals surface area contributed by atoms with E-state index in [1.54, 1.807) is 4.90 Å². The van der Waals surface area contributed by atoms with E-state index in [2.05, 4.69) is 41.4 Å². The maximum atomic E-state index is 13.2. The topological polar surface area (TPSA) is 78.7 Å². The number of benzene rings is 2. The van der Waals surface area contributed by atoms with Crippen LogP contribution in [0.4, 0.5) is 30.2 Å². The van der Waals surface area contributed by atoms with Gasteiger partial charge in [0.2, 0.25) is 5.91 Å². The summed E-state index contributed by atoms with van der Waals surface area (Å²) in [5.41, 5.74) is 0.386. The molecule has 0 unspecified atom stereocenters. The van der Waals surface area contributed by atoms with E-state index in [-0.39, 0.29) is 17.6 Å². The monoisotopic (exact) mass is 504 g/mol. The van der Waals surface area contributed by atoms with Crippen LogP contribution in [0.5, 0.6) is 0 Å². The van der Waals surface area contributed by atoms with Crippen molar-refractivity contribution in [1.82, 2.24) is 4.90 Å². The lowest BCUT2D eigenvalue weighted by Crippen LogP contribution is -2.35. The number of halogens is 3. The molecule has 194 valence electrons. The number of nitrogens with one attached hydrogen (secondary N) is 1. The lowest BCUT2D eigenvalue weighted by Gasteiger charge is -2.34. The van der Waals surface area contributed by atoms with Crippen molar-refractivity contribution in [2.75, 3.05) is 36.4 Å². The van der Waals surface area contributed by atoms with Gasteiger partial charge in [0.25, 0.3) is 5.69 Å². The number of piperidine rings is 1. The molecule has 2 aromatic carbocycles. The SMILES string of the molecule is Cc1ccc(N2CCC(CCC(=O)N3CC[C@@H](Nc4ccc([N+](=O)[O-])c(C(F)(F)F)c4)C3)CC2)cc1. The molecule has 0 aromatic heterocycles. The zero-order valence-corrected chi connectivity index (χ0v) is 20.3. The molecular formula is C26H31F3N4O3. The van der Waals surface area contributed by atoms with Gasteiger partial charge in [0, 0.05) is 56.1 Å². The van der Waals surface area contributed by atoms with Crippen LogP contribution in [0.1, 0.15) is 43.2 Å². The summed E-state index contributed by atoms with van der Waals surface area (Å²) in [6.07, 6.45) is -0.808. The maximum Gasteiger partial charge on any atom is 0.423 e. The zero-order valence-electron chi connectivity index (χ0n) is 20.3. The van der Waals surface area contributed by atoms with Crippen LogP contribution in [0.3, 0.4) is 0 Å². The van der Waals surface area contributed by atoms with E-state index in [0.29, 0.717) is 31.8 Å². The summed E-state index contributed by atoms with van der Waals surface area (Å²) in [6.45, 7) is 4.98. The Morgan fingerprint density at radius 1 is 1.08 bits per heavy atom. The Morgan fingerprint density at radius 2 is 1.78 bits per heavy atom. The second-order valence-corrected chi connectivity index (χ2v) is 9.76. The number of nitrogens with zero attached hydrogens (tertiary/aromatic N) is 3. The molecule has 4 rings (SSSR count). The van der Waals surface area contributed by atoms with Gasteiger partial charge in [0.1, 0.15) is 5.56 Å². The van der Waals surface area contributed by atoms with Crippen molar-refractivity contribution in [3.63, 3.8) is 0 Å². The van der Waals surface area contributed by atoms with Crippen LogP contribution < -0.4 is 10.2 Å². The van der Waals surface area contributed by atoms with E-state index in [1.165, 1.54) is 17.3 Å². The van der Waals surface area contributed by atoms with E-state index in [1.807, 2.05) is 0 Å². The summed E-state index contributed by atoms with van der Waals surface area (Å²) in [5.74, 6) is 0.577. The Hall–Kier alpha value is -3.30. The number of amides is 1. The van der Waals surface area contributed by atoms with Crippen LogP contribution in [0.2, 0.25) is 0 Å². The second-order valence-electron chi connectivity index (χ2n) is 9.76. The number of hydrogen-bond donors (Lipinski definition) is 1. The first-order valence-corrected chi connectivity index (χ1v) is 12.3. The molecule has 0 spiro atoms. The molecule has 1 N–H and O–H groups in total. The fourth-order valence-electron chi connectivity index (χ4n) is 5.07. The lowest BCUT2D eigenvalue weighted by atomic mass is 9.91. The van der Waals surface area contributed by atoms with E-state index in [9.17, 15) is 28.1 Å². The molecular weight excluding hydrogens is 473 g/mol. The number of anilines is 2. The predicted molar refractivity (Wildman–Crippen MR) is 132 cm³/mol. The Kier molecular flexibility index (Phi) is 7.70. The van der Waals surface area contributed by atoms with Crippen molar-refractivity contribution in [2.45, 2.75) is 51.2 Å². The molecule has 10 heteroatoms. The zero-order chi connectivity index (χ0) is 25.9. The van der Waals surface area contributed by atoms with Gasteiger partial charge in [-0.15, -0.1) is 0 Å². The van der Waals surface area contributed by atoms with Gasteiger partial charge >= 0.3 is 6.18 Å². The maximum absolute atomic E-state index is 13.2. The fourth-order valence-corrected chi connectivity index (χ4v) is 5.07. The molecule has 2 aliphatic heterocycles. The highest BCUT2D eigenvalue weighted by Crippen LogP contribution is 2.38. The van der Waals surface area contributed by atoms with Gasteiger partial charge in [0.05, 0.1) is 4.92 Å². The lowest BCUT2D eigenvalue weighted by molar-refractivity contribution is -0.388. The number of hydrogen-bond acceptors (Lipinski definition) is 5. The molecule has 1 amide bonds. The second kappa shape index (κ2) is 10.8. The summed E-state index contributed by atoms with van der Waals surface area (Å²) in [5, 5.41) is 14.0. The van der Waals surface area contributed by atoms with Crippen LogP contribution in [-0.2, 0) is 11.0 Å². The molecule has 2 aliphatic rings. The fraction of sp³-hybridized carbons (Fsp3) is 0.500. The number of likely N-dealkylation sites (tertiary alicyclic amines) is 1. The number of carbonyl (C=O) groups is 1. The van der Waals surface area contributed by atoms with Crippen molar-refractivity contribution < 1.29 is 22.9 Å². The third kappa shape index (κ3) is 6.27. The largest absolute Gasteiger partial charge is 0.423 e. The van der Waals surface area contributed by atoms with Gasteiger partial charge in [-0.2, -0.15) is 13.2 Å². The van der Waals surface area contributed by atoms with E-state index < -0.39 is 22.4 Å². The summed E-state index contributed by atoms with van der Waals surface area (Å²) in [6, 6.07) is 11.3. The van der Waals surface area contributed by atoms with Gasteiger partial charge in [-0.25, -0.2) is 0 Å². The summed E-state index contributed by atoms with van der Waals surface area (Å²) in [7, 11) is 0. The van der Waals surface area contributed by atoms with Gasteiger partial charge in [-0.1, -0.05) is 17.7 Å². The van der Waals surface area contributed by atoms with Crippen molar-refractivity contribution >= 4 is 23.0 Å².